The Balaban J connectivity index is 2.20. The first-order valence-electron chi connectivity index (χ1n) is 7.99. The summed E-state index contributed by atoms with van der Waals surface area (Å²) >= 11 is 0. The number of nitrogens with zero attached hydrogens (tertiary/aromatic N) is 1. The van der Waals surface area contributed by atoms with Crippen LogP contribution in [0.5, 0.6) is 0 Å². The van der Waals surface area contributed by atoms with E-state index in [0.29, 0.717) is 39.1 Å². The van der Waals surface area contributed by atoms with E-state index in [0.717, 1.165) is 0 Å². The number of ether oxygens (including phenoxy) is 4. The highest BCUT2D eigenvalue weighted by Crippen LogP contribution is 2.47. The summed E-state index contributed by atoms with van der Waals surface area (Å²) in [7, 11) is 1.46. The van der Waals surface area contributed by atoms with Crippen LogP contribution in [0.15, 0.2) is 0 Å². The first-order chi connectivity index (χ1) is 10.9. The number of hydrogen-bond acceptors (Lipinski definition) is 7. The predicted molar refractivity (Wildman–Crippen MR) is 79.4 cm³/mol. The van der Waals surface area contributed by atoms with Crippen LogP contribution >= 0.6 is 0 Å². The van der Waals surface area contributed by atoms with Crippen LogP contribution in [0.25, 0.3) is 0 Å². The van der Waals surface area contributed by atoms with Gasteiger partial charge < -0.3 is 18.9 Å². The molecular weight excluding hydrogens is 306 g/mol. The van der Waals surface area contributed by atoms with Gasteiger partial charge in [0.15, 0.2) is 5.79 Å². The lowest BCUT2D eigenvalue weighted by molar-refractivity contribution is -0.598. The minimum Gasteiger partial charge on any atom is -0.466 e. The summed E-state index contributed by atoms with van der Waals surface area (Å²) in [6.45, 7) is 4.55. The summed E-state index contributed by atoms with van der Waals surface area (Å²) in [6, 6.07) is 0. The molecule has 1 aliphatic heterocycles. The van der Waals surface area contributed by atoms with Crippen LogP contribution in [0.4, 0.5) is 0 Å². The number of esters is 1. The molecular formula is C15H25NO7. The SMILES string of the molecule is CCOC(=O)CC[C@@H]1CC2(C[C@H](OC)[C@]1(C)[N+](=O)[O-])OCCO2. The molecule has 2 aliphatic rings. The molecule has 0 aromatic rings. The van der Waals surface area contributed by atoms with Crippen molar-refractivity contribution in [3.63, 3.8) is 0 Å². The van der Waals surface area contributed by atoms with Crippen molar-refractivity contribution in [2.75, 3.05) is 26.9 Å². The molecule has 1 aliphatic carbocycles. The summed E-state index contributed by atoms with van der Waals surface area (Å²) in [6.07, 6.45) is 0.524. The zero-order valence-electron chi connectivity index (χ0n) is 13.9. The average Bonchev–Trinajstić information content (AvgIpc) is 2.96. The van der Waals surface area contributed by atoms with Crippen molar-refractivity contribution >= 4 is 5.97 Å². The highest BCUT2D eigenvalue weighted by atomic mass is 16.7. The van der Waals surface area contributed by atoms with Gasteiger partial charge in [0.1, 0.15) is 6.10 Å². The Morgan fingerprint density at radius 1 is 1.35 bits per heavy atom. The molecule has 0 unspecified atom stereocenters. The van der Waals surface area contributed by atoms with Gasteiger partial charge in [-0.1, -0.05) is 0 Å². The average molecular weight is 331 g/mol. The normalized spacial score (nSPS) is 32.8. The van der Waals surface area contributed by atoms with E-state index in [9.17, 15) is 14.9 Å². The van der Waals surface area contributed by atoms with Gasteiger partial charge in [0.25, 0.3) is 0 Å². The summed E-state index contributed by atoms with van der Waals surface area (Å²) in [5.74, 6) is -1.59. The Morgan fingerprint density at radius 2 is 2.00 bits per heavy atom. The van der Waals surface area contributed by atoms with Gasteiger partial charge in [-0.15, -0.1) is 0 Å². The lowest BCUT2D eigenvalue weighted by Crippen LogP contribution is -2.62. The molecule has 1 saturated heterocycles. The Hall–Kier alpha value is -1.25. The standard InChI is InChI=1S/C15H25NO7/c1-4-21-13(17)6-5-11-9-15(22-7-8-23-15)10-12(20-3)14(11,2)16(18)19/h11-12H,4-10H2,1-3H3/t11-,12+,14-/m1/s1. The Morgan fingerprint density at radius 3 is 2.52 bits per heavy atom. The molecule has 2 rings (SSSR count). The molecule has 3 atom stereocenters. The third-order valence-corrected chi connectivity index (χ3v) is 5.03. The third-order valence-electron chi connectivity index (χ3n) is 5.03. The monoisotopic (exact) mass is 331 g/mol. The van der Waals surface area contributed by atoms with Crippen molar-refractivity contribution in [3.05, 3.63) is 10.1 Å². The minimum atomic E-state index is -1.29. The number of carbonyl (C=O) groups is 1. The number of hydrogen-bond donors (Lipinski definition) is 0. The highest BCUT2D eigenvalue weighted by molar-refractivity contribution is 5.69. The fraction of sp³-hybridized carbons (Fsp3) is 0.933. The lowest BCUT2D eigenvalue weighted by atomic mass is 9.68. The van der Waals surface area contributed by atoms with Crippen molar-refractivity contribution in [1.82, 2.24) is 0 Å². The molecule has 8 nitrogen and oxygen atoms in total. The van der Waals surface area contributed by atoms with Crippen LogP contribution in [-0.2, 0) is 23.7 Å². The van der Waals surface area contributed by atoms with Crippen molar-refractivity contribution in [1.29, 1.82) is 0 Å². The van der Waals surface area contributed by atoms with Crippen LogP contribution in [0.1, 0.15) is 39.5 Å². The molecule has 0 aromatic heterocycles. The van der Waals surface area contributed by atoms with E-state index < -0.39 is 23.3 Å². The quantitative estimate of drug-likeness (QED) is 0.413. The third kappa shape index (κ3) is 3.49. The molecule has 1 spiro atoms. The molecule has 0 N–H and O–H groups in total. The van der Waals surface area contributed by atoms with Crippen molar-refractivity contribution in [2.45, 2.75) is 57.0 Å². The molecule has 0 radical (unpaired) electrons. The maximum Gasteiger partial charge on any atom is 0.305 e. The Kier molecular flexibility index (Phi) is 5.59. The predicted octanol–water partition coefficient (Wildman–Crippen LogP) is 1.53. The molecule has 0 aromatic carbocycles. The van der Waals surface area contributed by atoms with E-state index in [1.54, 1.807) is 13.8 Å². The molecule has 0 amide bonds. The first-order valence-corrected chi connectivity index (χ1v) is 7.99. The zero-order chi connectivity index (χ0) is 17.1. The summed E-state index contributed by atoms with van der Waals surface area (Å²) < 4.78 is 21.8. The van der Waals surface area contributed by atoms with E-state index in [2.05, 4.69) is 0 Å². The van der Waals surface area contributed by atoms with Gasteiger partial charge >= 0.3 is 5.97 Å². The van der Waals surface area contributed by atoms with Crippen LogP contribution in [0.2, 0.25) is 0 Å². The molecule has 1 heterocycles. The fourth-order valence-corrected chi connectivity index (χ4v) is 3.66. The van der Waals surface area contributed by atoms with Gasteiger partial charge in [-0.2, -0.15) is 0 Å². The highest BCUT2D eigenvalue weighted by Gasteiger charge is 2.62. The number of rotatable bonds is 6. The summed E-state index contributed by atoms with van der Waals surface area (Å²) in [5.41, 5.74) is -1.29. The second kappa shape index (κ2) is 7.11. The molecule has 132 valence electrons. The van der Waals surface area contributed by atoms with Crippen molar-refractivity contribution in [2.24, 2.45) is 5.92 Å². The van der Waals surface area contributed by atoms with Gasteiger partial charge in [0.05, 0.1) is 19.8 Å². The summed E-state index contributed by atoms with van der Waals surface area (Å²) in [4.78, 5) is 23.1. The molecule has 8 heteroatoms. The van der Waals surface area contributed by atoms with Crippen molar-refractivity contribution < 1.29 is 28.7 Å². The van der Waals surface area contributed by atoms with Gasteiger partial charge in [0, 0.05) is 44.1 Å². The number of nitro groups is 1. The van der Waals surface area contributed by atoms with Gasteiger partial charge in [-0.05, 0) is 13.3 Å². The van der Waals surface area contributed by atoms with Crippen LogP contribution in [0.3, 0.4) is 0 Å². The molecule has 2 fully saturated rings. The second-order valence-electron chi connectivity index (χ2n) is 6.26. The van der Waals surface area contributed by atoms with Crippen LogP contribution < -0.4 is 0 Å². The molecule has 23 heavy (non-hydrogen) atoms. The maximum atomic E-state index is 11.8. The molecule has 1 saturated carbocycles. The Labute approximate surface area is 135 Å². The van der Waals surface area contributed by atoms with Gasteiger partial charge in [0.2, 0.25) is 5.54 Å². The summed E-state index contributed by atoms with van der Waals surface area (Å²) in [5, 5.41) is 11.8. The minimum absolute atomic E-state index is 0.133. The van der Waals surface area contributed by atoms with Gasteiger partial charge in [-0.3, -0.25) is 14.9 Å². The zero-order valence-corrected chi connectivity index (χ0v) is 13.9. The van der Waals surface area contributed by atoms with E-state index in [1.807, 2.05) is 0 Å². The van der Waals surface area contributed by atoms with Crippen LogP contribution in [0, 0.1) is 16.0 Å². The topological polar surface area (TPSA) is 97.1 Å². The molecule has 0 bridgehead atoms. The Bertz CT molecular complexity index is 449. The van der Waals surface area contributed by atoms with Gasteiger partial charge in [-0.25, -0.2) is 0 Å². The maximum absolute atomic E-state index is 11.8. The van der Waals surface area contributed by atoms with E-state index in [1.165, 1.54) is 7.11 Å². The van der Waals surface area contributed by atoms with E-state index in [-0.39, 0.29) is 17.3 Å². The second-order valence-corrected chi connectivity index (χ2v) is 6.26. The van der Waals surface area contributed by atoms with E-state index in [4.69, 9.17) is 18.9 Å². The lowest BCUT2D eigenvalue weighted by Gasteiger charge is -2.46. The number of methoxy groups -OCH3 is 1. The van der Waals surface area contributed by atoms with Crippen molar-refractivity contribution in [3.8, 4) is 0 Å². The fourth-order valence-electron chi connectivity index (χ4n) is 3.66. The largest absolute Gasteiger partial charge is 0.466 e. The first kappa shape index (κ1) is 18.1. The van der Waals surface area contributed by atoms with E-state index >= 15 is 0 Å². The van der Waals surface area contributed by atoms with Crippen LogP contribution in [-0.4, -0.2) is 55.3 Å². The smallest absolute Gasteiger partial charge is 0.305 e. The number of carbonyl (C=O) groups excluding carboxylic acids is 1.